The summed E-state index contributed by atoms with van der Waals surface area (Å²) in [5.41, 5.74) is -0.0840. The summed E-state index contributed by atoms with van der Waals surface area (Å²) >= 11 is 0. The van der Waals surface area contributed by atoms with Crippen LogP contribution in [0.1, 0.15) is 12.8 Å². The third-order valence-corrected chi connectivity index (χ3v) is 3.96. The molecule has 0 spiro atoms. The Morgan fingerprint density at radius 2 is 1.94 bits per heavy atom. The molecule has 0 saturated heterocycles. The fraction of sp³-hybridized carbons (Fsp3) is 0.429. The van der Waals surface area contributed by atoms with Crippen LogP contribution in [0.15, 0.2) is 24.3 Å². The predicted molar refractivity (Wildman–Crippen MR) is 63.6 cm³/mol. The molecule has 96 valence electrons. The molecule has 0 aliphatic heterocycles. The number of allylic oxidation sites excluding steroid dienone is 2. The van der Waals surface area contributed by atoms with E-state index in [2.05, 4.69) is 17.5 Å². The highest BCUT2D eigenvalue weighted by Gasteiger charge is 2.35. The van der Waals surface area contributed by atoms with Crippen molar-refractivity contribution in [2.24, 2.45) is 17.8 Å². The number of halogens is 3. The molecular weight excluding hydrogens is 239 g/mol. The lowest BCUT2D eigenvalue weighted by atomic mass is 9.93. The van der Waals surface area contributed by atoms with Gasteiger partial charge in [-0.2, -0.15) is 0 Å². The van der Waals surface area contributed by atoms with E-state index in [1.54, 1.807) is 0 Å². The molecule has 1 nitrogen and oxygen atoms in total. The van der Waals surface area contributed by atoms with E-state index in [9.17, 15) is 13.2 Å². The van der Waals surface area contributed by atoms with Gasteiger partial charge in [-0.1, -0.05) is 12.2 Å². The Morgan fingerprint density at radius 3 is 2.61 bits per heavy atom. The van der Waals surface area contributed by atoms with Crippen LogP contribution in [-0.4, -0.2) is 6.54 Å². The summed E-state index contributed by atoms with van der Waals surface area (Å²) in [6.45, 7) is 0.561. The SMILES string of the molecule is Fc1cc(F)c(F)c(NCC2CC3C=CC2C3)c1. The average Bonchev–Trinajstić information content (AvgIpc) is 2.93. The van der Waals surface area contributed by atoms with Crippen molar-refractivity contribution in [3.05, 3.63) is 41.7 Å². The van der Waals surface area contributed by atoms with Crippen LogP contribution in [0.4, 0.5) is 18.9 Å². The zero-order valence-electron chi connectivity index (χ0n) is 9.80. The molecule has 1 saturated carbocycles. The summed E-state index contributed by atoms with van der Waals surface area (Å²) in [5, 5.41) is 2.83. The Morgan fingerprint density at radius 1 is 1.11 bits per heavy atom. The number of fused-ring (bicyclic) bond motifs is 2. The minimum atomic E-state index is -1.15. The average molecular weight is 253 g/mol. The molecule has 1 fully saturated rings. The minimum absolute atomic E-state index is 0.0840. The summed E-state index contributed by atoms with van der Waals surface area (Å²) in [5.74, 6) is -1.31. The van der Waals surface area contributed by atoms with Gasteiger partial charge < -0.3 is 5.32 Å². The number of benzene rings is 1. The Bertz CT molecular complexity index is 498. The van der Waals surface area contributed by atoms with E-state index in [4.69, 9.17) is 0 Å². The van der Waals surface area contributed by atoms with Crippen molar-refractivity contribution in [3.63, 3.8) is 0 Å². The molecular formula is C14H14F3N. The molecule has 1 N–H and O–H groups in total. The van der Waals surface area contributed by atoms with Gasteiger partial charge in [0, 0.05) is 18.7 Å². The van der Waals surface area contributed by atoms with Crippen LogP contribution in [0.2, 0.25) is 0 Å². The highest BCUT2D eigenvalue weighted by Crippen LogP contribution is 2.43. The van der Waals surface area contributed by atoms with Crippen molar-refractivity contribution in [1.29, 1.82) is 0 Å². The number of anilines is 1. The van der Waals surface area contributed by atoms with Gasteiger partial charge in [0.15, 0.2) is 11.6 Å². The molecule has 0 heterocycles. The maximum Gasteiger partial charge on any atom is 0.182 e. The van der Waals surface area contributed by atoms with Gasteiger partial charge in [0.1, 0.15) is 5.82 Å². The number of nitrogens with one attached hydrogen (secondary N) is 1. The second-order valence-electron chi connectivity index (χ2n) is 5.17. The highest BCUT2D eigenvalue weighted by molar-refractivity contribution is 5.45. The fourth-order valence-corrected chi connectivity index (χ4v) is 3.05. The maximum atomic E-state index is 13.4. The van der Waals surface area contributed by atoms with Crippen LogP contribution in [0, 0.1) is 35.2 Å². The summed E-state index contributed by atoms with van der Waals surface area (Å²) in [7, 11) is 0. The van der Waals surface area contributed by atoms with Crippen LogP contribution >= 0.6 is 0 Å². The Labute approximate surface area is 104 Å². The van der Waals surface area contributed by atoms with E-state index in [1.165, 1.54) is 0 Å². The summed E-state index contributed by atoms with van der Waals surface area (Å²) in [6, 6.07) is 1.56. The number of hydrogen-bond donors (Lipinski definition) is 1. The van der Waals surface area contributed by atoms with Crippen molar-refractivity contribution in [2.75, 3.05) is 11.9 Å². The molecule has 2 aliphatic rings. The third kappa shape index (κ3) is 2.00. The van der Waals surface area contributed by atoms with E-state index >= 15 is 0 Å². The van der Waals surface area contributed by atoms with E-state index in [1.807, 2.05) is 0 Å². The van der Waals surface area contributed by atoms with Gasteiger partial charge >= 0.3 is 0 Å². The lowest BCUT2D eigenvalue weighted by Gasteiger charge is -2.19. The lowest BCUT2D eigenvalue weighted by molar-refractivity contribution is 0.466. The molecule has 1 aromatic carbocycles. The van der Waals surface area contributed by atoms with Gasteiger partial charge in [0.05, 0.1) is 5.69 Å². The molecule has 3 atom stereocenters. The second-order valence-corrected chi connectivity index (χ2v) is 5.17. The van der Waals surface area contributed by atoms with Gasteiger partial charge in [-0.05, 0) is 30.6 Å². The molecule has 2 bridgehead atoms. The van der Waals surface area contributed by atoms with Gasteiger partial charge in [-0.25, -0.2) is 13.2 Å². The first-order chi connectivity index (χ1) is 8.63. The summed E-state index contributed by atoms with van der Waals surface area (Å²) in [6.07, 6.45) is 6.66. The van der Waals surface area contributed by atoms with Crippen LogP contribution < -0.4 is 5.32 Å². The van der Waals surface area contributed by atoms with Gasteiger partial charge in [0.25, 0.3) is 0 Å². The number of hydrogen-bond acceptors (Lipinski definition) is 1. The molecule has 3 rings (SSSR count). The quantitative estimate of drug-likeness (QED) is 0.639. The molecule has 0 aromatic heterocycles. The van der Waals surface area contributed by atoms with Crippen molar-refractivity contribution in [1.82, 2.24) is 0 Å². The Kier molecular flexibility index (Phi) is 2.80. The topological polar surface area (TPSA) is 12.0 Å². The van der Waals surface area contributed by atoms with Gasteiger partial charge in [-0.15, -0.1) is 0 Å². The molecule has 2 aliphatic carbocycles. The molecule has 1 aromatic rings. The van der Waals surface area contributed by atoms with Crippen molar-refractivity contribution < 1.29 is 13.2 Å². The van der Waals surface area contributed by atoms with E-state index in [-0.39, 0.29) is 5.69 Å². The maximum absolute atomic E-state index is 13.4. The largest absolute Gasteiger partial charge is 0.382 e. The van der Waals surface area contributed by atoms with Crippen molar-refractivity contribution in [3.8, 4) is 0 Å². The summed E-state index contributed by atoms with van der Waals surface area (Å²) in [4.78, 5) is 0. The molecule has 4 heteroatoms. The van der Waals surface area contributed by atoms with Crippen LogP contribution in [-0.2, 0) is 0 Å². The van der Waals surface area contributed by atoms with Crippen LogP contribution in [0.3, 0.4) is 0 Å². The fourth-order valence-electron chi connectivity index (χ4n) is 3.05. The van der Waals surface area contributed by atoms with Crippen molar-refractivity contribution >= 4 is 5.69 Å². The standard InChI is InChI=1S/C14H14F3N/c15-11-5-12(16)14(17)13(6-11)18-7-10-4-8-1-2-9(10)3-8/h1-2,5-6,8-10,18H,3-4,7H2. The molecule has 18 heavy (non-hydrogen) atoms. The number of rotatable bonds is 3. The summed E-state index contributed by atoms with van der Waals surface area (Å²) < 4.78 is 39.5. The first-order valence-corrected chi connectivity index (χ1v) is 6.20. The lowest BCUT2D eigenvalue weighted by Crippen LogP contribution is -2.19. The zero-order chi connectivity index (χ0) is 12.7. The normalized spacial score (nSPS) is 28.9. The first-order valence-electron chi connectivity index (χ1n) is 6.20. The van der Waals surface area contributed by atoms with Crippen molar-refractivity contribution in [2.45, 2.75) is 12.8 Å². The second kappa shape index (κ2) is 4.34. The first kappa shape index (κ1) is 11.6. The van der Waals surface area contributed by atoms with Crippen LogP contribution in [0.25, 0.3) is 0 Å². The monoisotopic (exact) mass is 253 g/mol. The van der Waals surface area contributed by atoms with E-state index in [0.29, 0.717) is 30.4 Å². The predicted octanol–water partition coefficient (Wildman–Crippen LogP) is 3.73. The minimum Gasteiger partial charge on any atom is -0.382 e. The smallest absolute Gasteiger partial charge is 0.182 e. The highest BCUT2D eigenvalue weighted by atomic mass is 19.2. The van der Waals surface area contributed by atoms with E-state index in [0.717, 1.165) is 18.9 Å². The van der Waals surface area contributed by atoms with Gasteiger partial charge in [-0.3, -0.25) is 0 Å². The zero-order valence-corrected chi connectivity index (χ0v) is 9.80. The molecule has 0 amide bonds. The Balaban J connectivity index is 1.68. The van der Waals surface area contributed by atoms with E-state index < -0.39 is 17.5 Å². The molecule has 3 unspecified atom stereocenters. The third-order valence-electron chi connectivity index (χ3n) is 3.96. The Hall–Kier alpha value is -1.45. The molecule has 0 radical (unpaired) electrons. The van der Waals surface area contributed by atoms with Gasteiger partial charge in [0.2, 0.25) is 0 Å². The van der Waals surface area contributed by atoms with Crippen LogP contribution in [0.5, 0.6) is 0 Å².